The molecule has 0 N–H and O–H groups in total. The minimum atomic E-state index is -4.62. The highest BCUT2D eigenvalue weighted by Gasteiger charge is 2.34. The number of ether oxygens (including phenoxy) is 1. The van der Waals surface area contributed by atoms with Gasteiger partial charge in [0.25, 0.3) is 5.91 Å². The van der Waals surface area contributed by atoms with Gasteiger partial charge in [0.15, 0.2) is 0 Å². The Morgan fingerprint density at radius 2 is 1.92 bits per heavy atom. The predicted octanol–water partition coefficient (Wildman–Crippen LogP) is 2.93. The van der Waals surface area contributed by atoms with E-state index < -0.39 is 29.8 Å². The Balaban J connectivity index is 1.66. The first-order chi connectivity index (χ1) is 11.8. The number of carbonyl (C=O) groups is 1. The second kappa shape index (κ2) is 6.66. The van der Waals surface area contributed by atoms with Crippen LogP contribution in [0.1, 0.15) is 22.6 Å². The quantitative estimate of drug-likeness (QED) is 0.628. The molecular formula is C16H13F4N3O2. The zero-order valence-corrected chi connectivity index (χ0v) is 12.8. The second-order valence-corrected chi connectivity index (χ2v) is 5.48. The molecule has 25 heavy (non-hydrogen) atoms. The van der Waals surface area contributed by atoms with Gasteiger partial charge in [-0.2, -0.15) is 22.5 Å². The lowest BCUT2D eigenvalue weighted by Gasteiger charge is -2.17. The Morgan fingerprint density at radius 1 is 1.16 bits per heavy atom. The number of amides is 1. The van der Waals surface area contributed by atoms with Gasteiger partial charge >= 0.3 is 6.18 Å². The van der Waals surface area contributed by atoms with E-state index in [-0.39, 0.29) is 18.1 Å². The number of aromatic nitrogens is 2. The van der Waals surface area contributed by atoms with Crippen LogP contribution < -0.4 is 4.74 Å². The smallest absolute Gasteiger partial charge is 0.433 e. The maximum Gasteiger partial charge on any atom is 0.433 e. The van der Waals surface area contributed by atoms with E-state index in [0.717, 1.165) is 12.1 Å². The number of carbonyl (C=O) groups excluding carboxylic acids is 1. The molecule has 0 spiro atoms. The summed E-state index contributed by atoms with van der Waals surface area (Å²) in [5, 5.41) is 0. The van der Waals surface area contributed by atoms with Crippen LogP contribution in [-0.2, 0) is 6.18 Å². The van der Waals surface area contributed by atoms with Crippen molar-refractivity contribution >= 4 is 5.91 Å². The van der Waals surface area contributed by atoms with Crippen molar-refractivity contribution < 1.29 is 27.1 Å². The van der Waals surface area contributed by atoms with Crippen molar-refractivity contribution in [3.05, 3.63) is 53.7 Å². The lowest BCUT2D eigenvalue weighted by atomic mass is 10.2. The fourth-order valence-electron chi connectivity index (χ4n) is 2.51. The number of pyridine rings is 2. The molecule has 0 bridgehead atoms. The zero-order valence-electron chi connectivity index (χ0n) is 12.8. The maximum absolute atomic E-state index is 13.0. The number of hydrogen-bond acceptors (Lipinski definition) is 4. The largest absolute Gasteiger partial charge is 0.472 e. The summed E-state index contributed by atoms with van der Waals surface area (Å²) in [6.07, 6.45) is -4.57. The van der Waals surface area contributed by atoms with Crippen molar-refractivity contribution in [3.8, 4) is 5.88 Å². The van der Waals surface area contributed by atoms with Gasteiger partial charge in [-0.25, -0.2) is 4.98 Å². The molecule has 3 rings (SSSR count). The molecule has 1 saturated heterocycles. The van der Waals surface area contributed by atoms with Crippen molar-refractivity contribution in [2.24, 2.45) is 0 Å². The van der Waals surface area contributed by atoms with Crippen LogP contribution in [0.2, 0.25) is 0 Å². The molecule has 1 aliphatic rings. The van der Waals surface area contributed by atoms with Crippen LogP contribution >= 0.6 is 0 Å². The molecule has 1 unspecified atom stereocenters. The molecule has 2 aromatic heterocycles. The molecule has 132 valence electrons. The van der Waals surface area contributed by atoms with Gasteiger partial charge in [-0.1, -0.05) is 12.1 Å². The molecule has 0 aromatic carbocycles. The Hall–Kier alpha value is -2.71. The van der Waals surface area contributed by atoms with E-state index in [1.165, 1.54) is 29.2 Å². The predicted molar refractivity (Wildman–Crippen MR) is 78.4 cm³/mol. The van der Waals surface area contributed by atoms with Crippen molar-refractivity contribution in [3.63, 3.8) is 0 Å². The summed E-state index contributed by atoms with van der Waals surface area (Å²) in [4.78, 5) is 20.7. The minimum absolute atomic E-state index is 0.0940. The normalized spacial score (nSPS) is 17.6. The third-order valence-corrected chi connectivity index (χ3v) is 3.67. The van der Waals surface area contributed by atoms with Crippen LogP contribution in [-0.4, -0.2) is 40.0 Å². The van der Waals surface area contributed by atoms with Gasteiger partial charge in [-0.05, 0) is 18.2 Å². The van der Waals surface area contributed by atoms with Gasteiger partial charge in [0.2, 0.25) is 11.8 Å². The summed E-state index contributed by atoms with van der Waals surface area (Å²) in [6.45, 7) is 0.464. The summed E-state index contributed by atoms with van der Waals surface area (Å²) in [5.41, 5.74) is -1.39. The zero-order chi connectivity index (χ0) is 18.0. The number of rotatable bonds is 3. The molecule has 0 saturated carbocycles. The number of nitrogens with zero attached hydrogens (tertiary/aromatic N) is 3. The van der Waals surface area contributed by atoms with Crippen LogP contribution in [0.4, 0.5) is 17.6 Å². The van der Waals surface area contributed by atoms with E-state index in [1.54, 1.807) is 0 Å². The molecule has 0 radical (unpaired) electrons. The first-order valence-corrected chi connectivity index (χ1v) is 7.45. The Kier molecular flexibility index (Phi) is 4.56. The Labute approximate surface area is 140 Å². The molecule has 5 nitrogen and oxygen atoms in total. The van der Waals surface area contributed by atoms with Crippen LogP contribution in [0.15, 0.2) is 36.4 Å². The summed E-state index contributed by atoms with van der Waals surface area (Å²) >= 11 is 0. The van der Waals surface area contributed by atoms with Gasteiger partial charge in [0, 0.05) is 19.0 Å². The molecule has 3 heterocycles. The van der Waals surface area contributed by atoms with Crippen LogP contribution in [0.5, 0.6) is 5.88 Å². The molecule has 1 atom stereocenters. The average Bonchev–Trinajstić information content (AvgIpc) is 3.02. The summed E-state index contributed by atoms with van der Waals surface area (Å²) in [5.74, 6) is -1.20. The Morgan fingerprint density at radius 3 is 2.64 bits per heavy atom. The van der Waals surface area contributed by atoms with E-state index in [9.17, 15) is 22.4 Å². The second-order valence-electron chi connectivity index (χ2n) is 5.48. The van der Waals surface area contributed by atoms with Gasteiger partial charge in [0.05, 0.1) is 6.54 Å². The first kappa shape index (κ1) is 17.1. The highest BCUT2D eigenvalue weighted by atomic mass is 19.4. The molecule has 1 amide bonds. The fraction of sp³-hybridized carbons (Fsp3) is 0.312. The van der Waals surface area contributed by atoms with Gasteiger partial charge in [-0.15, -0.1) is 0 Å². The number of hydrogen-bond donors (Lipinski definition) is 0. The standard InChI is InChI=1S/C16H13F4N3O2/c17-13-5-2-6-14(22-13)25-10-7-8-23(9-10)15(24)11-3-1-4-12(21-11)16(18,19)20/h1-6,10H,7-9H2. The van der Waals surface area contributed by atoms with Crippen LogP contribution in [0, 0.1) is 5.95 Å². The minimum Gasteiger partial charge on any atom is -0.472 e. The van der Waals surface area contributed by atoms with E-state index in [1.807, 2.05) is 0 Å². The van der Waals surface area contributed by atoms with E-state index in [2.05, 4.69) is 9.97 Å². The third-order valence-electron chi connectivity index (χ3n) is 3.67. The summed E-state index contributed by atoms with van der Waals surface area (Å²) < 4.78 is 56.7. The lowest BCUT2D eigenvalue weighted by molar-refractivity contribution is -0.141. The highest BCUT2D eigenvalue weighted by Crippen LogP contribution is 2.28. The number of halogens is 4. The van der Waals surface area contributed by atoms with E-state index in [0.29, 0.717) is 13.0 Å². The maximum atomic E-state index is 13.0. The van der Waals surface area contributed by atoms with Crippen molar-refractivity contribution in [1.29, 1.82) is 0 Å². The topological polar surface area (TPSA) is 55.3 Å². The number of alkyl halides is 3. The van der Waals surface area contributed by atoms with Crippen molar-refractivity contribution in [1.82, 2.24) is 14.9 Å². The molecule has 1 fully saturated rings. The molecule has 9 heteroatoms. The molecular weight excluding hydrogens is 342 g/mol. The monoisotopic (exact) mass is 355 g/mol. The van der Waals surface area contributed by atoms with Gasteiger partial charge < -0.3 is 9.64 Å². The third kappa shape index (κ3) is 4.04. The van der Waals surface area contributed by atoms with Gasteiger partial charge in [0.1, 0.15) is 17.5 Å². The Bertz CT molecular complexity index is 782. The number of likely N-dealkylation sites (tertiary alicyclic amines) is 1. The average molecular weight is 355 g/mol. The highest BCUT2D eigenvalue weighted by molar-refractivity contribution is 5.92. The molecule has 1 aliphatic heterocycles. The van der Waals surface area contributed by atoms with Crippen LogP contribution in [0.3, 0.4) is 0 Å². The van der Waals surface area contributed by atoms with E-state index in [4.69, 9.17) is 4.74 Å². The summed E-state index contributed by atoms with van der Waals surface area (Å²) in [7, 11) is 0. The van der Waals surface area contributed by atoms with E-state index >= 15 is 0 Å². The van der Waals surface area contributed by atoms with Crippen molar-refractivity contribution in [2.45, 2.75) is 18.7 Å². The molecule has 2 aromatic rings. The molecule has 0 aliphatic carbocycles. The SMILES string of the molecule is O=C(c1cccc(C(F)(F)F)n1)N1CCC(Oc2cccc(F)n2)C1. The van der Waals surface area contributed by atoms with Gasteiger partial charge in [-0.3, -0.25) is 4.79 Å². The fourth-order valence-corrected chi connectivity index (χ4v) is 2.51. The van der Waals surface area contributed by atoms with Crippen LogP contribution in [0.25, 0.3) is 0 Å². The first-order valence-electron chi connectivity index (χ1n) is 7.45. The summed E-state index contributed by atoms with van der Waals surface area (Å²) in [6, 6.07) is 7.30. The lowest BCUT2D eigenvalue weighted by Crippen LogP contribution is -2.32. The van der Waals surface area contributed by atoms with Crippen molar-refractivity contribution in [2.75, 3.05) is 13.1 Å².